The van der Waals surface area contributed by atoms with Crippen LogP contribution in [0, 0.1) is 12.7 Å². The first-order valence-corrected chi connectivity index (χ1v) is 8.38. The van der Waals surface area contributed by atoms with Gasteiger partial charge in [-0.1, -0.05) is 6.07 Å². The first-order chi connectivity index (χ1) is 11.1. The number of aliphatic imine (C=N–C) groups is 1. The minimum Gasteiger partial charge on any atom is -0.438 e. The number of ether oxygens (including phenoxy) is 1. The predicted molar refractivity (Wildman–Crippen MR) is 90.2 cm³/mol. The van der Waals surface area contributed by atoms with Crippen molar-refractivity contribution in [2.45, 2.75) is 6.92 Å². The Hall–Kier alpha value is -2.12. The van der Waals surface area contributed by atoms with Crippen molar-refractivity contribution in [1.82, 2.24) is 10.5 Å². The van der Waals surface area contributed by atoms with Crippen LogP contribution in [0.25, 0.3) is 0 Å². The smallest absolute Gasteiger partial charge is 0.230 e. The topological polar surface area (TPSA) is 66.7 Å². The zero-order valence-electron chi connectivity index (χ0n) is 12.9. The molecule has 0 fully saturated rings. The van der Waals surface area contributed by atoms with Crippen LogP contribution in [0.2, 0.25) is 0 Å². The van der Waals surface area contributed by atoms with Gasteiger partial charge in [-0.15, -0.1) is 0 Å². The second kappa shape index (κ2) is 8.50. The Balaban J connectivity index is 2.34. The number of thioether (sulfide) groups is 1. The van der Waals surface area contributed by atoms with Gasteiger partial charge in [0.15, 0.2) is 5.84 Å². The van der Waals surface area contributed by atoms with E-state index in [9.17, 15) is 9.60 Å². The Kier molecular flexibility index (Phi) is 6.37. The minimum absolute atomic E-state index is 0.250. The zero-order valence-corrected chi connectivity index (χ0v) is 13.7. The second-order valence-electron chi connectivity index (χ2n) is 4.70. The Bertz CT molecular complexity index is 695. The number of benzene rings is 1. The number of pyridine rings is 1. The van der Waals surface area contributed by atoms with Crippen LogP contribution >= 0.6 is 11.8 Å². The zero-order chi connectivity index (χ0) is 16.7. The molecule has 0 saturated heterocycles. The molecule has 0 radical (unpaired) electrons. The molecule has 0 spiro atoms. The van der Waals surface area contributed by atoms with E-state index >= 15 is 0 Å². The maximum Gasteiger partial charge on any atom is 0.230 e. The molecule has 23 heavy (non-hydrogen) atoms. The van der Waals surface area contributed by atoms with Crippen molar-refractivity contribution in [2.24, 2.45) is 4.99 Å². The van der Waals surface area contributed by atoms with Crippen molar-refractivity contribution in [3.63, 3.8) is 0 Å². The second-order valence-corrected chi connectivity index (χ2v) is 5.69. The summed E-state index contributed by atoms with van der Waals surface area (Å²) in [4.78, 5) is 8.61. The molecule has 1 aromatic carbocycles. The van der Waals surface area contributed by atoms with Crippen LogP contribution in [-0.2, 0) is 0 Å². The summed E-state index contributed by atoms with van der Waals surface area (Å²) in [6, 6.07) is 9.33. The maximum atomic E-state index is 13.3. The summed E-state index contributed by atoms with van der Waals surface area (Å²) in [6.07, 6.45) is 1.98. The molecule has 0 aliphatic heterocycles. The normalized spacial score (nSPS) is 11.4. The van der Waals surface area contributed by atoms with E-state index < -0.39 is 5.82 Å². The third-order valence-electron chi connectivity index (χ3n) is 2.94. The van der Waals surface area contributed by atoms with E-state index in [1.807, 2.05) is 13.2 Å². The van der Waals surface area contributed by atoms with Crippen molar-refractivity contribution in [3.05, 3.63) is 53.5 Å². The molecule has 2 rings (SSSR count). The number of halogens is 1. The highest BCUT2D eigenvalue weighted by molar-refractivity contribution is 7.98. The molecule has 1 heterocycles. The number of nitrogens with one attached hydrogen (secondary N) is 1. The van der Waals surface area contributed by atoms with E-state index in [2.05, 4.69) is 15.5 Å². The van der Waals surface area contributed by atoms with Crippen LogP contribution in [0.3, 0.4) is 0 Å². The van der Waals surface area contributed by atoms with Crippen LogP contribution in [0.5, 0.6) is 11.6 Å². The Morgan fingerprint density at radius 2 is 2.22 bits per heavy atom. The quantitative estimate of drug-likeness (QED) is 0.366. The SMILES string of the molecule is CSCCN=C(NO)c1ccc(C)nc1Oc1cccc(F)c1. The first-order valence-electron chi connectivity index (χ1n) is 6.99. The lowest BCUT2D eigenvalue weighted by molar-refractivity contribution is 0.234. The third kappa shape index (κ3) is 4.94. The van der Waals surface area contributed by atoms with E-state index in [0.717, 1.165) is 11.4 Å². The molecule has 1 aromatic heterocycles. The van der Waals surface area contributed by atoms with Gasteiger partial charge in [-0.25, -0.2) is 9.37 Å². The summed E-state index contributed by atoms with van der Waals surface area (Å²) >= 11 is 1.66. The summed E-state index contributed by atoms with van der Waals surface area (Å²) < 4.78 is 19.0. The summed E-state index contributed by atoms with van der Waals surface area (Å²) in [6.45, 7) is 2.36. The summed E-state index contributed by atoms with van der Waals surface area (Å²) in [5.41, 5.74) is 3.32. The number of nitrogens with zero attached hydrogens (tertiary/aromatic N) is 2. The number of amidine groups is 1. The number of aromatic nitrogens is 1. The molecule has 0 amide bonds. The number of aryl methyl sites for hydroxylation is 1. The Morgan fingerprint density at radius 3 is 2.91 bits per heavy atom. The van der Waals surface area contributed by atoms with Gasteiger partial charge in [-0.2, -0.15) is 11.8 Å². The van der Waals surface area contributed by atoms with E-state index in [0.29, 0.717) is 17.9 Å². The molecule has 0 aliphatic rings. The van der Waals surface area contributed by atoms with Crippen molar-refractivity contribution >= 4 is 17.6 Å². The van der Waals surface area contributed by atoms with Crippen molar-refractivity contribution in [3.8, 4) is 11.6 Å². The molecular formula is C16H18FN3O2S. The molecule has 0 aliphatic carbocycles. The fourth-order valence-corrected chi connectivity index (χ4v) is 2.14. The van der Waals surface area contributed by atoms with Crippen LogP contribution in [0.4, 0.5) is 4.39 Å². The van der Waals surface area contributed by atoms with Gasteiger partial charge in [0.1, 0.15) is 11.6 Å². The summed E-state index contributed by atoms with van der Waals surface area (Å²) in [7, 11) is 0. The Morgan fingerprint density at radius 1 is 1.39 bits per heavy atom. The molecule has 7 heteroatoms. The van der Waals surface area contributed by atoms with Crippen LogP contribution < -0.4 is 10.2 Å². The lowest BCUT2D eigenvalue weighted by Crippen LogP contribution is -2.22. The molecule has 5 nitrogen and oxygen atoms in total. The highest BCUT2D eigenvalue weighted by atomic mass is 32.2. The van der Waals surface area contributed by atoms with Crippen LogP contribution in [0.15, 0.2) is 41.4 Å². The predicted octanol–water partition coefficient (Wildman–Crippen LogP) is 3.41. The first kappa shape index (κ1) is 17.2. The highest BCUT2D eigenvalue weighted by Crippen LogP contribution is 2.24. The van der Waals surface area contributed by atoms with E-state index in [1.165, 1.54) is 12.1 Å². The van der Waals surface area contributed by atoms with Gasteiger partial charge in [-0.3, -0.25) is 15.7 Å². The largest absolute Gasteiger partial charge is 0.438 e. The van der Waals surface area contributed by atoms with Crippen molar-refractivity contribution in [1.29, 1.82) is 0 Å². The lowest BCUT2D eigenvalue weighted by atomic mass is 10.2. The molecule has 122 valence electrons. The lowest BCUT2D eigenvalue weighted by Gasteiger charge is -2.12. The monoisotopic (exact) mass is 335 g/mol. The van der Waals surface area contributed by atoms with Crippen LogP contribution in [-0.4, -0.2) is 34.6 Å². The summed E-state index contributed by atoms with van der Waals surface area (Å²) in [5.74, 6) is 1.26. The fraction of sp³-hybridized carbons (Fsp3) is 0.250. The van der Waals surface area contributed by atoms with Gasteiger partial charge in [0.25, 0.3) is 0 Å². The van der Waals surface area contributed by atoms with Crippen molar-refractivity contribution < 1.29 is 14.3 Å². The van der Waals surface area contributed by atoms with Crippen LogP contribution in [0.1, 0.15) is 11.3 Å². The maximum absolute atomic E-state index is 13.3. The molecule has 0 atom stereocenters. The molecular weight excluding hydrogens is 317 g/mol. The number of hydrogen-bond donors (Lipinski definition) is 2. The van der Waals surface area contributed by atoms with Gasteiger partial charge in [-0.05, 0) is 37.4 Å². The fourth-order valence-electron chi connectivity index (χ4n) is 1.86. The van der Waals surface area contributed by atoms with Crippen molar-refractivity contribution in [2.75, 3.05) is 18.6 Å². The number of hydrogen-bond acceptors (Lipinski definition) is 5. The minimum atomic E-state index is -0.397. The van der Waals surface area contributed by atoms with Gasteiger partial charge in [0, 0.05) is 17.5 Å². The van der Waals surface area contributed by atoms with E-state index in [1.54, 1.807) is 36.0 Å². The number of rotatable bonds is 6. The molecule has 2 N–H and O–H groups in total. The van der Waals surface area contributed by atoms with E-state index in [4.69, 9.17) is 4.74 Å². The average Bonchev–Trinajstić information content (AvgIpc) is 2.53. The van der Waals surface area contributed by atoms with Gasteiger partial charge in [0.2, 0.25) is 5.88 Å². The standard InChI is InChI=1S/C16H18FN3O2S/c1-11-6-7-14(15(20-21)18-8-9-23-2)16(19-11)22-13-5-3-4-12(17)10-13/h3-7,10,21H,8-9H2,1-2H3,(H,18,20). The van der Waals surface area contributed by atoms with Gasteiger partial charge < -0.3 is 4.74 Å². The van der Waals surface area contributed by atoms with Gasteiger partial charge >= 0.3 is 0 Å². The Labute approximate surface area is 138 Å². The molecule has 0 bridgehead atoms. The van der Waals surface area contributed by atoms with E-state index in [-0.39, 0.29) is 11.7 Å². The number of hydroxylamine groups is 1. The summed E-state index contributed by atoms with van der Waals surface area (Å²) in [5, 5.41) is 9.35. The molecule has 0 saturated carbocycles. The third-order valence-corrected chi connectivity index (χ3v) is 3.53. The molecule has 2 aromatic rings. The molecule has 0 unspecified atom stereocenters. The highest BCUT2D eigenvalue weighted by Gasteiger charge is 2.13. The van der Waals surface area contributed by atoms with Gasteiger partial charge in [0.05, 0.1) is 12.1 Å². The average molecular weight is 335 g/mol.